The van der Waals surface area contributed by atoms with Crippen LogP contribution in [0.25, 0.3) is 0 Å². The van der Waals surface area contributed by atoms with Gasteiger partial charge in [0.25, 0.3) is 0 Å². The second-order valence-corrected chi connectivity index (χ2v) is 5.42. The first-order chi connectivity index (χ1) is 8.76. The monoisotopic (exact) mass is 252 g/mol. The SMILES string of the molecule is COCCNCc1ncoc1C1(C)CCCCC1. The number of rotatable bonds is 6. The molecule has 1 aromatic heterocycles. The van der Waals surface area contributed by atoms with E-state index in [4.69, 9.17) is 9.15 Å². The Hall–Kier alpha value is -0.870. The lowest BCUT2D eigenvalue weighted by molar-refractivity contribution is 0.198. The number of nitrogens with one attached hydrogen (secondary N) is 1. The summed E-state index contributed by atoms with van der Waals surface area (Å²) < 4.78 is 10.7. The molecule has 2 rings (SSSR count). The highest BCUT2D eigenvalue weighted by Crippen LogP contribution is 2.40. The third kappa shape index (κ3) is 3.12. The number of methoxy groups -OCH3 is 1. The van der Waals surface area contributed by atoms with Gasteiger partial charge >= 0.3 is 0 Å². The van der Waals surface area contributed by atoms with Crippen molar-refractivity contribution in [3.05, 3.63) is 17.8 Å². The van der Waals surface area contributed by atoms with Crippen molar-refractivity contribution in [3.8, 4) is 0 Å². The minimum atomic E-state index is 0.188. The minimum absolute atomic E-state index is 0.188. The van der Waals surface area contributed by atoms with E-state index < -0.39 is 0 Å². The van der Waals surface area contributed by atoms with E-state index in [1.54, 1.807) is 13.5 Å². The Bertz CT molecular complexity index is 356. The fourth-order valence-electron chi connectivity index (χ4n) is 2.83. The zero-order valence-electron chi connectivity index (χ0n) is 11.5. The van der Waals surface area contributed by atoms with Crippen molar-refractivity contribution in [2.45, 2.75) is 51.0 Å². The van der Waals surface area contributed by atoms with Gasteiger partial charge in [0.15, 0.2) is 6.39 Å². The zero-order chi connectivity index (χ0) is 12.8. The standard InChI is InChI=1S/C14H24N2O2/c1-14(6-4-3-5-7-14)13-12(16-11-18-13)10-15-8-9-17-2/h11,15H,3-10H2,1-2H3. The molecular weight excluding hydrogens is 228 g/mol. The van der Waals surface area contributed by atoms with E-state index in [2.05, 4.69) is 17.2 Å². The highest BCUT2D eigenvalue weighted by molar-refractivity contribution is 5.19. The zero-order valence-corrected chi connectivity index (χ0v) is 11.5. The van der Waals surface area contributed by atoms with Crippen LogP contribution in [0.15, 0.2) is 10.8 Å². The lowest BCUT2D eigenvalue weighted by Gasteiger charge is -2.32. The smallest absolute Gasteiger partial charge is 0.181 e. The normalized spacial score (nSPS) is 19.0. The van der Waals surface area contributed by atoms with Crippen LogP contribution in [0.1, 0.15) is 50.5 Å². The van der Waals surface area contributed by atoms with Crippen molar-refractivity contribution in [1.29, 1.82) is 0 Å². The Morgan fingerprint density at radius 1 is 1.39 bits per heavy atom. The molecule has 0 aliphatic heterocycles. The number of aromatic nitrogens is 1. The van der Waals surface area contributed by atoms with Crippen molar-refractivity contribution in [3.63, 3.8) is 0 Å². The molecule has 1 saturated carbocycles. The molecule has 0 bridgehead atoms. The van der Waals surface area contributed by atoms with Crippen molar-refractivity contribution < 1.29 is 9.15 Å². The van der Waals surface area contributed by atoms with E-state index in [1.807, 2.05) is 0 Å². The molecule has 0 atom stereocenters. The van der Waals surface area contributed by atoms with E-state index >= 15 is 0 Å². The molecule has 1 fully saturated rings. The molecule has 1 heterocycles. The Morgan fingerprint density at radius 3 is 2.89 bits per heavy atom. The van der Waals surface area contributed by atoms with Crippen LogP contribution in [0.2, 0.25) is 0 Å². The van der Waals surface area contributed by atoms with E-state index in [-0.39, 0.29) is 5.41 Å². The molecule has 0 spiro atoms. The fraction of sp³-hybridized carbons (Fsp3) is 0.786. The van der Waals surface area contributed by atoms with Gasteiger partial charge in [-0.3, -0.25) is 0 Å². The molecule has 4 nitrogen and oxygen atoms in total. The van der Waals surface area contributed by atoms with Gasteiger partial charge < -0.3 is 14.5 Å². The maximum Gasteiger partial charge on any atom is 0.181 e. The maximum absolute atomic E-state index is 5.68. The van der Waals surface area contributed by atoms with Gasteiger partial charge in [-0.25, -0.2) is 4.98 Å². The summed E-state index contributed by atoms with van der Waals surface area (Å²) in [6, 6.07) is 0. The van der Waals surface area contributed by atoms with Crippen LogP contribution in [-0.4, -0.2) is 25.2 Å². The lowest BCUT2D eigenvalue weighted by Crippen LogP contribution is -2.27. The van der Waals surface area contributed by atoms with Gasteiger partial charge in [0.2, 0.25) is 0 Å². The average molecular weight is 252 g/mol. The van der Waals surface area contributed by atoms with Gasteiger partial charge in [-0.2, -0.15) is 0 Å². The molecule has 1 aromatic rings. The first-order valence-electron chi connectivity index (χ1n) is 6.89. The minimum Gasteiger partial charge on any atom is -0.448 e. The van der Waals surface area contributed by atoms with Crippen LogP contribution in [0.4, 0.5) is 0 Å². The summed E-state index contributed by atoms with van der Waals surface area (Å²) in [6.07, 6.45) is 7.97. The van der Waals surface area contributed by atoms with Gasteiger partial charge in [-0.15, -0.1) is 0 Å². The molecule has 1 N–H and O–H groups in total. The van der Waals surface area contributed by atoms with E-state index in [0.29, 0.717) is 0 Å². The molecule has 1 aliphatic carbocycles. The highest BCUT2D eigenvalue weighted by atomic mass is 16.5. The van der Waals surface area contributed by atoms with Crippen molar-refractivity contribution >= 4 is 0 Å². The number of hydrogen-bond donors (Lipinski definition) is 1. The average Bonchev–Trinajstić information content (AvgIpc) is 2.85. The van der Waals surface area contributed by atoms with Crippen LogP contribution in [0, 0.1) is 0 Å². The summed E-state index contributed by atoms with van der Waals surface area (Å²) in [7, 11) is 1.71. The summed E-state index contributed by atoms with van der Waals surface area (Å²) in [5, 5.41) is 3.34. The summed E-state index contributed by atoms with van der Waals surface area (Å²) in [4.78, 5) is 4.36. The van der Waals surface area contributed by atoms with Crippen LogP contribution >= 0.6 is 0 Å². The van der Waals surface area contributed by atoms with Gasteiger partial charge in [-0.05, 0) is 12.8 Å². The van der Waals surface area contributed by atoms with Crippen LogP contribution in [0.3, 0.4) is 0 Å². The van der Waals surface area contributed by atoms with Gasteiger partial charge in [0.05, 0.1) is 12.3 Å². The molecule has 0 saturated heterocycles. The Kier molecular flexibility index (Phi) is 4.78. The summed E-state index contributed by atoms with van der Waals surface area (Å²) in [5.74, 6) is 1.09. The van der Waals surface area contributed by atoms with Crippen LogP contribution in [0.5, 0.6) is 0 Å². The van der Waals surface area contributed by atoms with E-state index in [0.717, 1.165) is 31.2 Å². The predicted octanol–water partition coefficient (Wildman–Crippen LogP) is 2.63. The van der Waals surface area contributed by atoms with Crippen LogP contribution in [-0.2, 0) is 16.7 Å². The molecule has 102 valence electrons. The number of nitrogens with zero attached hydrogens (tertiary/aromatic N) is 1. The topological polar surface area (TPSA) is 47.3 Å². The largest absolute Gasteiger partial charge is 0.448 e. The Balaban J connectivity index is 1.98. The lowest BCUT2D eigenvalue weighted by atomic mass is 9.73. The Morgan fingerprint density at radius 2 is 2.17 bits per heavy atom. The summed E-state index contributed by atoms with van der Waals surface area (Å²) >= 11 is 0. The van der Waals surface area contributed by atoms with Crippen molar-refractivity contribution in [2.24, 2.45) is 0 Å². The quantitative estimate of drug-likeness (QED) is 0.791. The van der Waals surface area contributed by atoms with E-state index in [9.17, 15) is 0 Å². The second kappa shape index (κ2) is 6.34. The first-order valence-corrected chi connectivity index (χ1v) is 6.89. The summed E-state index contributed by atoms with van der Waals surface area (Å²) in [5.41, 5.74) is 1.25. The molecule has 4 heteroatoms. The maximum atomic E-state index is 5.68. The third-order valence-corrected chi connectivity index (χ3v) is 3.92. The molecule has 0 amide bonds. The Labute approximate surface area is 109 Å². The molecule has 0 aromatic carbocycles. The molecule has 1 aliphatic rings. The number of oxazole rings is 1. The van der Waals surface area contributed by atoms with Gasteiger partial charge in [0, 0.05) is 25.6 Å². The van der Waals surface area contributed by atoms with Crippen LogP contribution < -0.4 is 5.32 Å². The first kappa shape index (κ1) is 13.6. The third-order valence-electron chi connectivity index (χ3n) is 3.92. The fourth-order valence-corrected chi connectivity index (χ4v) is 2.83. The number of hydrogen-bond acceptors (Lipinski definition) is 4. The molecule has 18 heavy (non-hydrogen) atoms. The van der Waals surface area contributed by atoms with Gasteiger partial charge in [0.1, 0.15) is 5.76 Å². The highest BCUT2D eigenvalue weighted by Gasteiger charge is 2.34. The van der Waals surface area contributed by atoms with E-state index in [1.165, 1.54) is 32.1 Å². The molecular formula is C14H24N2O2. The second-order valence-electron chi connectivity index (χ2n) is 5.42. The van der Waals surface area contributed by atoms with Gasteiger partial charge in [-0.1, -0.05) is 26.2 Å². The molecule has 0 unspecified atom stereocenters. The summed E-state index contributed by atoms with van der Waals surface area (Å²) in [6.45, 7) is 4.65. The molecule has 0 radical (unpaired) electrons. The predicted molar refractivity (Wildman–Crippen MR) is 70.5 cm³/mol. The number of ether oxygens (including phenoxy) is 1. The van der Waals surface area contributed by atoms with Crippen molar-refractivity contribution in [1.82, 2.24) is 10.3 Å². The van der Waals surface area contributed by atoms with Crippen molar-refractivity contribution in [2.75, 3.05) is 20.3 Å².